The van der Waals surface area contributed by atoms with Gasteiger partial charge in [0.2, 0.25) is 0 Å². The van der Waals surface area contributed by atoms with Crippen molar-refractivity contribution in [3.05, 3.63) is 65.2 Å². The summed E-state index contributed by atoms with van der Waals surface area (Å²) in [5, 5.41) is 3.69. The second kappa shape index (κ2) is 9.06. The van der Waals surface area contributed by atoms with Gasteiger partial charge in [0, 0.05) is 36.8 Å². The van der Waals surface area contributed by atoms with Gasteiger partial charge in [-0.3, -0.25) is 10.3 Å². The number of nitrogens with two attached hydrogens (primary N) is 1. The van der Waals surface area contributed by atoms with Crippen molar-refractivity contribution >= 4 is 29.2 Å². The van der Waals surface area contributed by atoms with Crippen LogP contribution < -0.4 is 16.1 Å². The fourth-order valence-electron chi connectivity index (χ4n) is 4.48. The van der Waals surface area contributed by atoms with Crippen LogP contribution in [0.5, 0.6) is 0 Å². The van der Waals surface area contributed by atoms with Crippen molar-refractivity contribution in [1.29, 1.82) is 0 Å². The van der Waals surface area contributed by atoms with Gasteiger partial charge in [0.1, 0.15) is 11.6 Å². The molecule has 0 amide bonds. The van der Waals surface area contributed by atoms with E-state index in [2.05, 4.69) is 39.8 Å². The summed E-state index contributed by atoms with van der Waals surface area (Å²) in [5.74, 6) is -0.995. The first kappa shape index (κ1) is 20.7. The van der Waals surface area contributed by atoms with Crippen molar-refractivity contribution in [1.82, 2.24) is 10.3 Å². The summed E-state index contributed by atoms with van der Waals surface area (Å²) in [5.41, 5.74) is 9.19. The number of fused-ring (bicyclic) bond motifs is 1. The smallest absolute Gasteiger partial charge is 0.184 e. The van der Waals surface area contributed by atoms with Crippen molar-refractivity contribution in [2.24, 2.45) is 10.8 Å². The predicted molar refractivity (Wildman–Crippen MR) is 120 cm³/mol. The van der Waals surface area contributed by atoms with Crippen molar-refractivity contribution in [2.75, 3.05) is 24.5 Å². The Balaban J connectivity index is 1.62. The summed E-state index contributed by atoms with van der Waals surface area (Å²) in [7, 11) is 0. The molecular formula is C22H25F2N5S. The molecule has 0 radical (unpaired) electrons. The molecule has 2 saturated heterocycles. The summed E-state index contributed by atoms with van der Waals surface area (Å²) in [4.78, 5) is 4.53. The average molecular weight is 430 g/mol. The van der Waals surface area contributed by atoms with Crippen LogP contribution in [-0.4, -0.2) is 47.9 Å². The predicted octanol–water partition coefficient (Wildman–Crippen LogP) is 3.03. The highest BCUT2D eigenvalue weighted by Gasteiger charge is 2.37. The Morgan fingerprint density at radius 3 is 2.77 bits per heavy atom. The van der Waals surface area contributed by atoms with Crippen LogP contribution in [0.2, 0.25) is 0 Å². The van der Waals surface area contributed by atoms with Crippen molar-refractivity contribution in [2.45, 2.75) is 31.3 Å². The van der Waals surface area contributed by atoms with E-state index in [0.717, 1.165) is 32.4 Å². The molecule has 0 saturated carbocycles. The van der Waals surface area contributed by atoms with Gasteiger partial charge in [0.15, 0.2) is 5.11 Å². The Hall–Kier alpha value is -2.58. The van der Waals surface area contributed by atoms with Gasteiger partial charge in [0.25, 0.3) is 0 Å². The zero-order chi connectivity index (χ0) is 21.1. The molecule has 0 bridgehead atoms. The van der Waals surface area contributed by atoms with Crippen LogP contribution >= 0.6 is 12.2 Å². The summed E-state index contributed by atoms with van der Waals surface area (Å²) in [6.07, 6.45) is 4.21. The Bertz CT molecular complexity index is 937. The monoisotopic (exact) mass is 429 g/mol. The van der Waals surface area contributed by atoms with Gasteiger partial charge in [-0.25, -0.2) is 8.78 Å². The molecule has 2 aliphatic heterocycles. The van der Waals surface area contributed by atoms with Crippen LogP contribution in [0.3, 0.4) is 0 Å². The Labute approximate surface area is 180 Å². The number of benzene rings is 2. The van der Waals surface area contributed by atoms with Crippen LogP contribution in [0, 0.1) is 11.6 Å². The number of thiocarbonyl (C=S) groups is 1. The minimum Gasteiger partial charge on any atom is -0.375 e. The second-order valence-electron chi connectivity index (χ2n) is 7.85. The number of nitrogens with zero attached hydrogens (tertiary/aromatic N) is 3. The molecule has 0 spiro atoms. The van der Waals surface area contributed by atoms with Gasteiger partial charge in [-0.05, 0) is 49.7 Å². The standard InChI is InChI=1S/C22H25F2N5S/c23-19-11-21(20(24)10-16(19)12-26-27-22(25)30)29-14-17-7-4-8-28(17)13-18(29)9-15-5-2-1-3-6-15/h1-3,5-6,10-12,17-18H,4,7-9,13-14H2,(H3,25,27,30)/t17-,18-/m0/s1. The van der Waals surface area contributed by atoms with Gasteiger partial charge < -0.3 is 10.6 Å². The highest BCUT2D eigenvalue weighted by molar-refractivity contribution is 7.80. The van der Waals surface area contributed by atoms with Crippen LogP contribution in [-0.2, 0) is 6.42 Å². The summed E-state index contributed by atoms with van der Waals surface area (Å²) in [6.45, 7) is 2.62. The molecule has 2 fully saturated rings. The van der Waals surface area contributed by atoms with E-state index in [1.807, 2.05) is 23.1 Å². The zero-order valence-electron chi connectivity index (χ0n) is 16.6. The molecule has 2 aliphatic rings. The molecule has 2 aromatic rings. The fourth-order valence-corrected chi connectivity index (χ4v) is 4.53. The average Bonchev–Trinajstić information content (AvgIpc) is 3.18. The maximum absolute atomic E-state index is 15.1. The maximum Gasteiger partial charge on any atom is 0.184 e. The third-order valence-corrected chi connectivity index (χ3v) is 5.95. The SMILES string of the molecule is NC(=S)NN=Cc1cc(F)c(N2C[C@@H]3CCCN3C[C@@H]2Cc2ccccc2)cc1F. The number of anilines is 1. The number of piperazine rings is 1. The van der Waals surface area contributed by atoms with Gasteiger partial charge in [0.05, 0.1) is 11.9 Å². The highest BCUT2D eigenvalue weighted by atomic mass is 32.1. The quantitative estimate of drug-likeness (QED) is 0.435. The molecule has 2 atom stereocenters. The molecule has 2 aromatic carbocycles. The lowest BCUT2D eigenvalue weighted by molar-refractivity contribution is 0.195. The number of halogens is 2. The van der Waals surface area contributed by atoms with E-state index >= 15 is 4.39 Å². The van der Waals surface area contributed by atoms with Crippen LogP contribution in [0.4, 0.5) is 14.5 Å². The lowest BCUT2D eigenvalue weighted by Crippen LogP contribution is -2.57. The number of hydrogen-bond acceptors (Lipinski definition) is 4. The van der Waals surface area contributed by atoms with E-state index in [1.165, 1.54) is 23.9 Å². The minimum absolute atomic E-state index is 0.0399. The summed E-state index contributed by atoms with van der Waals surface area (Å²) in [6, 6.07) is 13.1. The lowest BCUT2D eigenvalue weighted by atomic mass is 9.98. The van der Waals surface area contributed by atoms with Gasteiger partial charge in [-0.2, -0.15) is 5.10 Å². The molecule has 30 heavy (non-hydrogen) atoms. The van der Waals surface area contributed by atoms with Crippen LogP contribution in [0.25, 0.3) is 0 Å². The van der Waals surface area contributed by atoms with E-state index in [-0.39, 0.29) is 16.7 Å². The molecule has 0 aliphatic carbocycles. The first-order valence-electron chi connectivity index (χ1n) is 10.1. The second-order valence-corrected chi connectivity index (χ2v) is 8.29. The molecule has 5 nitrogen and oxygen atoms in total. The topological polar surface area (TPSA) is 56.9 Å². The molecule has 0 unspecified atom stereocenters. The number of nitrogens with one attached hydrogen (secondary N) is 1. The van der Waals surface area contributed by atoms with E-state index in [4.69, 9.17) is 5.73 Å². The Kier molecular flexibility index (Phi) is 6.24. The Morgan fingerprint density at radius 1 is 1.20 bits per heavy atom. The molecular weight excluding hydrogens is 404 g/mol. The van der Waals surface area contributed by atoms with Gasteiger partial charge in [-0.1, -0.05) is 30.3 Å². The van der Waals surface area contributed by atoms with Crippen LogP contribution in [0.1, 0.15) is 24.0 Å². The van der Waals surface area contributed by atoms with Crippen molar-refractivity contribution in [3.63, 3.8) is 0 Å². The third kappa shape index (κ3) is 4.60. The summed E-state index contributed by atoms with van der Waals surface area (Å²) >= 11 is 4.65. The van der Waals surface area contributed by atoms with Gasteiger partial charge >= 0.3 is 0 Å². The maximum atomic E-state index is 15.1. The number of rotatable bonds is 5. The van der Waals surface area contributed by atoms with E-state index in [1.54, 1.807) is 0 Å². The normalized spacial score (nSPS) is 21.7. The van der Waals surface area contributed by atoms with E-state index in [0.29, 0.717) is 18.3 Å². The molecule has 4 rings (SSSR count). The fraction of sp³-hybridized carbons (Fsp3) is 0.364. The third-order valence-electron chi connectivity index (χ3n) is 5.86. The molecule has 3 N–H and O–H groups in total. The van der Waals surface area contributed by atoms with Crippen molar-refractivity contribution in [3.8, 4) is 0 Å². The minimum atomic E-state index is -0.535. The van der Waals surface area contributed by atoms with Crippen molar-refractivity contribution < 1.29 is 8.78 Å². The first-order valence-corrected chi connectivity index (χ1v) is 10.5. The Morgan fingerprint density at radius 2 is 2.00 bits per heavy atom. The van der Waals surface area contributed by atoms with E-state index < -0.39 is 11.6 Å². The van der Waals surface area contributed by atoms with Gasteiger partial charge in [-0.15, -0.1) is 0 Å². The molecule has 8 heteroatoms. The van der Waals surface area contributed by atoms with E-state index in [9.17, 15) is 4.39 Å². The highest BCUT2D eigenvalue weighted by Crippen LogP contribution is 2.32. The largest absolute Gasteiger partial charge is 0.375 e. The molecule has 158 valence electrons. The number of hydrogen-bond donors (Lipinski definition) is 2. The zero-order valence-corrected chi connectivity index (χ0v) is 17.4. The molecule has 0 aromatic heterocycles. The molecule has 2 heterocycles. The number of hydrazone groups is 1. The first-order chi connectivity index (χ1) is 14.5. The summed E-state index contributed by atoms with van der Waals surface area (Å²) < 4.78 is 29.8. The lowest BCUT2D eigenvalue weighted by Gasteiger charge is -2.45. The van der Waals surface area contributed by atoms with Crippen LogP contribution in [0.15, 0.2) is 47.6 Å².